The van der Waals surface area contributed by atoms with Gasteiger partial charge in [-0.25, -0.2) is 0 Å². The summed E-state index contributed by atoms with van der Waals surface area (Å²) in [6, 6.07) is 4.88. The second kappa shape index (κ2) is 6.41. The van der Waals surface area contributed by atoms with Crippen molar-refractivity contribution in [1.29, 1.82) is 0 Å². The lowest BCUT2D eigenvalue weighted by atomic mass is 9.98. The number of hydrogen-bond acceptors (Lipinski definition) is 3. The second-order valence-electron chi connectivity index (χ2n) is 4.52. The fourth-order valence-electron chi connectivity index (χ4n) is 2.66. The van der Waals surface area contributed by atoms with Gasteiger partial charge >= 0.3 is 0 Å². The van der Waals surface area contributed by atoms with E-state index in [1.807, 2.05) is 18.0 Å². The predicted octanol–water partition coefficient (Wildman–Crippen LogP) is 2.84. The van der Waals surface area contributed by atoms with Crippen molar-refractivity contribution < 1.29 is 0 Å². The Hall–Kier alpha value is -0.540. The quantitative estimate of drug-likeness (QED) is 0.840. The molecule has 1 heterocycles. The highest BCUT2D eigenvalue weighted by Gasteiger charge is 2.30. The molecule has 1 aliphatic carbocycles. The van der Waals surface area contributed by atoms with Gasteiger partial charge in [0.15, 0.2) is 0 Å². The molecule has 0 saturated carbocycles. The van der Waals surface area contributed by atoms with Crippen LogP contribution in [0.25, 0.3) is 0 Å². The van der Waals surface area contributed by atoms with Crippen LogP contribution in [0.4, 0.5) is 0 Å². The summed E-state index contributed by atoms with van der Waals surface area (Å²) in [4.78, 5) is 4.60. The third-order valence-electron chi connectivity index (χ3n) is 3.46. The smallest absolute Gasteiger partial charge is 0.0482 e. The van der Waals surface area contributed by atoms with E-state index in [1.165, 1.54) is 35.6 Å². The number of likely N-dealkylation sites (N-methyl/N-ethyl adjacent to an activating group) is 1. The molecule has 1 aromatic heterocycles. The van der Waals surface area contributed by atoms with Crippen molar-refractivity contribution in [3.63, 3.8) is 0 Å². The van der Waals surface area contributed by atoms with Crippen molar-refractivity contribution in [1.82, 2.24) is 10.3 Å². The largest absolute Gasteiger partial charge is 0.313 e. The van der Waals surface area contributed by atoms with Crippen LogP contribution in [0.5, 0.6) is 0 Å². The van der Waals surface area contributed by atoms with Gasteiger partial charge < -0.3 is 5.32 Å². The van der Waals surface area contributed by atoms with E-state index in [9.17, 15) is 0 Å². The first-order chi connectivity index (χ1) is 8.36. The molecule has 0 fully saturated rings. The van der Waals surface area contributed by atoms with E-state index in [0.29, 0.717) is 12.0 Å². The fourth-order valence-corrected chi connectivity index (χ4v) is 3.50. The summed E-state index contributed by atoms with van der Waals surface area (Å²) in [6.45, 7) is 5.47. The summed E-state index contributed by atoms with van der Waals surface area (Å²) in [6.07, 6.45) is 4.40. The summed E-state index contributed by atoms with van der Waals surface area (Å²) in [7, 11) is 0. The lowest BCUT2D eigenvalue weighted by Crippen LogP contribution is -2.36. The fraction of sp³-hybridized carbons (Fsp3) is 0.643. The third-order valence-corrected chi connectivity index (χ3v) is 4.46. The number of fused-ring (bicyclic) bond motifs is 1. The minimum absolute atomic E-state index is 0.584. The maximum atomic E-state index is 4.60. The van der Waals surface area contributed by atoms with E-state index in [0.717, 1.165) is 6.54 Å². The summed E-state index contributed by atoms with van der Waals surface area (Å²) in [5.41, 5.74) is 2.80. The third kappa shape index (κ3) is 3.02. The Kier molecular flexibility index (Phi) is 4.86. The number of nitrogens with one attached hydrogen (secondary N) is 1. The minimum atomic E-state index is 0.584. The van der Waals surface area contributed by atoms with Crippen LogP contribution in [0.15, 0.2) is 18.3 Å². The molecule has 0 spiro atoms. The number of pyridine rings is 1. The molecule has 0 bridgehead atoms. The van der Waals surface area contributed by atoms with Crippen LogP contribution in [0.2, 0.25) is 0 Å². The van der Waals surface area contributed by atoms with E-state index in [1.54, 1.807) is 0 Å². The van der Waals surface area contributed by atoms with E-state index in [-0.39, 0.29) is 0 Å². The maximum Gasteiger partial charge on any atom is 0.0482 e. The Balaban J connectivity index is 2.09. The molecule has 2 atom stereocenters. The molecule has 0 saturated heterocycles. The van der Waals surface area contributed by atoms with Crippen molar-refractivity contribution in [2.24, 2.45) is 0 Å². The van der Waals surface area contributed by atoms with Crippen LogP contribution < -0.4 is 5.32 Å². The van der Waals surface area contributed by atoms with Crippen LogP contribution in [-0.2, 0) is 6.42 Å². The average molecular weight is 250 g/mol. The lowest BCUT2D eigenvalue weighted by molar-refractivity contribution is 0.468. The lowest BCUT2D eigenvalue weighted by Gasteiger charge is -2.24. The molecule has 0 aromatic carbocycles. The van der Waals surface area contributed by atoms with Crippen molar-refractivity contribution in [2.75, 3.05) is 18.1 Å². The number of rotatable bonds is 6. The molecule has 2 unspecified atom stereocenters. The van der Waals surface area contributed by atoms with Gasteiger partial charge in [-0.1, -0.05) is 19.9 Å². The number of aromatic nitrogens is 1. The molecule has 3 heteroatoms. The van der Waals surface area contributed by atoms with Crippen LogP contribution in [-0.4, -0.2) is 29.1 Å². The Morgan fingerprint density at radius 3 is 3.18 bits per heavy atom. The topological polar surface area (TPSA) is 24.9 Å². The Morgan fingerprint density at radius 2 is 2.41 bits per heavy atom. The van der Waals surface area contributed by atoms with Crippen LogP contribution >= 0.6 is 11.8 Å². The summed E-state index contributed by atoms with van der Waals surface area (Å²) < 4.78 is 0. The molecular weight excluding hydrogens is 228 g/mol. The minimum Gasteiger partial charge on any atom is -0.313 e. The highest BCUT2D eigenvalue weighted by Crippen LogP contribution is 2.34. The van der Waals surface area contributed by atoms with Gasteiger partial charge in [0.2, 0.25) is 0 Å². The van der Waals surface area contributed by atoms with Gasteiger partial charge in [0.25, 0.3) is 0 Å². The first kappa shape index (κ1) is 12.9. The van der Waals surface area contributed by atoms with Gasteiger partial charge in [-0.2, -0.15) is 11.8 Å². The van der Waals surface area contributed by atoms with Crippen molar-refractivity contribution in [2.45, 2.75) is 38.6 Å². The van der Waals surface area contributed by atoms with E-state index in [2.05, 4.69) is 36.3 Å². The van der Waals surface area contributed by atoms with Gasteiger partial charge in [-0.05, 0) is 36.8 Å². The van der Waals surface area contributed by atoms with Crippen LogP contribution in [0.1, 0.15) is 37.4 Å². The zero-order valence-corrected chi connectivity index (χ0v) is 11.6. The zero-order valence-electron chi connectivity index (χ0n) is 10.8. The maximum absolute atomic E-state index is 4.60. The van der Waals surface area contributed by atoms with E-state index >= 15 is 0 Å². The van der Waals surface area contributed by atoms with Gasteiger partial charge in [-0.3, -0.25) is 4.98 Å². The Morgan fingerprint density at radius 1 is 1.53 bits per heavy atom. The number of aryl methyl sites for hydroxylation is 1. The number of thioether (sulfide) groups is 1. The molecule has 2 rings (SSSR count). The van der Waals surface area contributed by atoms with Crippen LogP contribution in [0, 0.1) is 0 Å². The Bertz CT molecular complexity index is 354. The first-order valence-electron chi connectivity index (χ1n) is 6.61. The first-order valence-corrected chi connectivity index (χ1v) is 7.77. The van der Waals surface area contributed by atoms with E-state index in [4.69, 9.17) is 0 Å². The SMILES string of the molecule is CCNC(CSCC)C1CCc2cccnc21. The van der Waals surface area contributed by atoms with Crippen molar-refractivity contribution in [3.05, 3.63) is 29.6 Å². The molecule has 2 nitrogen and oxygen atoms in total. The number of nitrogens with zero attached hydrogens (tertiary/aromatic N) is 1. The van der Waals surface area contributed by atoms with Crippen molar-refractivity contribution in [3.8, 4) is 0 Å². The van der Waals surface area contributed by atoms with Gasteiger partial charge in [0.1, 0.15) is 0 Å². The molecule has 0 radical (unpaired) electrons. The van der Waals surface area contributed by atoms with Crippen LogP contribution in [0.3, 0.4) is 0 Å². The summed E-state index contributed by atoms with van der Waals surface area (Å²) in [5.74, 6) is 3.01. The molecule has 1 N–H and O–H groups in total. The Labute approximate surface area is 109 Å². The molecule has 1 aliphatic rings. The monoisotopic (exact) mass is 250 g/mol. The number of hydrogen-bond donors (Lipinski definition) is 1. The average Bonchev–Trinajstić information content (AvgIpc) is 2.78. The standard InChI is InChI=1S/C14H22N2S/c1-3-15-13(10-17-4-2)12-8-7-11-6-5-9-16-14(11)12/h5-6,9,12-13,15H,3-4,7-8,10H2,1-2H3. The molecule has 0 amide bonds. The summed E-state index contributed by atoms with van der Waals surface area (Å²) in [5, 5.41) is 3.64. The highest BCUT2D eigenvalue weighted by atomic mass is 32.2. The predicted molar refractivity (Wildman–Crippen MR) is 75.8 cm³/mol. The van der Waals surface area contributed by atoms with E-state index < -0.39 is 0 Å². The molecule has 17 heavy (non-hydrogen) atoms. The molecule has 0 aliphatic heterocycles. The molecule has 94 valence electrons. The van der Waals surface area contributed by atoms with Gasteiger partial charge in [-0.15, -0.1) is 0 Å². The van der Waals surface area contributed by atoms with Gasteiger partial charge in [0, 0.05) is 29.6 Å². The molecule has 1 aromatic rings. The zero-order chi connectivity index (χ0) is 12.1. The molecular formula is C14H22N2S. The van der Waals surface area contributed by atoms with Crippen molar-refractivity contribution >= 4 is 11.8 Å². The normalized spacial score (nSPS) is 20.2. The highest BCUT2D eigenvalue weighted by molar-refractivity contribution is 7.99. The second-order valence-corrected chi connectivity index (χ2v) is 5.84. The van der Waals surface area contributed by atoms with Gasteiger partial charge in [0.05, 0.1) is 0 Å². The summed E-state index contributed by atoms with van der Waals surface area (Å²) >= 11 is 2.03.